The number of carbonyl (C=O) groups excluding carboxylic acids is 1. The predicted octanol–water partition coefficient (Wildman–Crippen LogP) is 2.25. The molecule has 0 spiro atoms. The van der Waals surface area contributed by atoms with Crippen molar-refractivity contribution in [1.29, 1.82) is 0 Å². The number of amides is 1. The minimum absolute atomic E-state index is 0.0583. The molecule has 2 heterocycles. The van der Waals surface area contributed by atoms with E-state index >= 15 is 0 Å². The Balaban J connectivity index is 1.49. The van der Waals surface area contributed by atoms with Crippen molar-refractivity contribution in [2.45, 2.75) is 43.7 Å². The van der Waals surface area contributed by atoms with Gasteiger partial charge in [0.05, 0.1) is 5.92 Å². The normalized spacial score (nSPS) is 36.8. The molecule has 0 aromatic heterocycles. The molecule has 21 heavy (non-hydrogen) atoms. The average molecular weight is 285 g/mol. The van der Waals surface area contributed by atoms with Crippen LogP contribution in [0.5, 0.6) is 0 Å². The molecule has 1 aliphatic carbocycles. The van der Waals surface area contributed by atoms with E-state index in [1.807, 2.05) is 23.1 Å². The van der Waals surface area contributed by atoms with Crippen molar-refractivity contribution in [3.63, 3.8) is 0 Å². The third-order valence-electron chi connectivity index (χ3n) is 5.44. The molecule has 1 saturated carbocycles. The molecule has 1 amide bonds. The molecule has 1 aromatic rings. The number of fused-ring (bicyclic) bond motifs is 2. The first-order valence-electron chi connectivity index (χ1n) is 7.76. The standard InChI is InChI=1S/C17H19NO3/c19-16(13-9-12(13)10-4-2-1-3-5-10)18-11-6-7-15(18)14(8-11)17(20)21/h1-5,11-15H,6-9H2,(H,20,21). The summed E-state index contributed by atoms with van der Waals surface area (Å²) in [7, 11) is 0. The van der Waals surface area contributed by atoms with Gasteiger partial charge in [-0.3, -0.25) is 9.59 Å². The molecule has 4 heteroatoms. The minimum Gasteiger partial charge on any atom is -0.481 e. The summed E-state index contributed by atoms with van der Waals surface area (Å²) in [5.74, 6) is -0.484. The van der Waals surface area contributed by atoms with E-state index in [-0.39, 0.29) is 29.8 Å². The Morgan fingerprint density at radius 1 is 1.05 bits per heavy atom. The van der Waals surface area contributed by atoms with E-state index in [1.165, 1.54) is 5.56 Å². The van der Waals surface area contributed by atoms with Crippen LogP contribution in [0.1, 0.15) is 37.2 Å². The van der Waals surface area contributed by atoms with Crippen molar-refractivity contribution in [2.24, 2.45) is 11.8 Å². The van der Waals surface area contributed by atoms with Crippen LogP contribution < -0.4 is 0 Å². The van der Waals surface area contributed by atoms with Crippen molar-refractivity contribution in [3.8, 4) is 0 Å². The molecule has 3 aliphatic rings. The summed E-state index contributed by atoms with van der Waals surface area (Å²) in [5.41, 5.74) is 1.23. The minimum atomic E-state index is -0.740. The van der Waals surface area contributed by atoms with Gasteiger partial charge in [-0.05, 0) is 37.2 Å². The third-order valence-corrected chi connectivity index (χ3v) is 5.44. The van der Waals surface area contributed by atoms with E-state index in [4.69, 9.17) is 0 Å². The zero-order valence-corrected chi connectivity index (χ0v) is 11.8. The van der Waals surface area contributed by atoms with Crippen LogP contribution in [0.25, 0.3) is 0 Å². The van der Waals surface area contributed by atoms with Gasteiger partial charge < -0.3 is 10.0 Å². The summed E-state index contributed by atoms with van der Waals surface area (Å²) in [6, 6.07) is 10.3. The molecule has 0 radical (unpaired) electrons. The Morgan fingerprint density at radius 2 is 1.81 bits per heavy atom. The third kappa shape index (κ3) is 1.96. The smallest absolute Gasteiger partial charge is 0.308 e. The molecule has 4 rings (SSSR count). The van der Waals surface area contributed by atoms with Gasteiger partial charge in [-0.15, -0.1) is 0 Å². The second kappa shape index (κ2) is 4.58. The van der Waals surface area contributed by atoms with E-state index in [0.717, 1.165) is 19.3 Å². The van der Waals surface area contributed by atoms with Crippen LogP contribution in [0, 0.1) is 11.8 Å². The van der Waals surface area contributed by atoms with Gasteiger partial charge in [0.15, 0.2) is 0 Å². The number of nitrogens with zero attached hydrogens (tertiary/aromatic N) is 1. The first kappa shape index (κ1) is 12.9. The quantitative estimate of drug-likeness (QED) is 0.926. The molecule has 1 aromatic carbocycles. The van der Waals surface area contributed by atoms with Gasteiger partial charge in [0.1, 0.15) is 0 Å². The summed E-state index contributed by atoms with van der Waals surface area (Å²) in [4.78, 5) is 26.0. The maximum atomic E-state index is 12.8. The monoisotopic (exact) mass is 285 g/mol. The summed E-state index contributed by atoms with van der Waals surface area (Å²) in [5, 5.41) is 9.28. The van der Waals surface area contributed by atoms with Crippen LogP contribution in [-0.2, 0) is 9.59 Å². The molecule has 5 atom stereocenters. The van der Waals surface area contributed by atoms with Crippen LogP contribution in [-0.4, -0.2) is 34.0 Å². The van der Waals surface area contributed by atoms with Gasteiger partial charge in [-0.2, -0.15) is 0 Å². The van der Waals surface area contributed by atoms with Gasteiger partial charge in [0, 0.05) is 18.0 Å². The highest BCUT2D eigenvalue weighted by molar-refractivity contribution is 5.85. The Labute approximate surface area is 123 Å². The number of carboxylic acids is 1. The maximum Gasteiger partial charge on any atom is 0.308 e. The molecule has 5 unspecified atom stereocenters. The molecule has 4 nitrogen and oxygen atoms in total. The van der Waals surface area contributed by atoms with E-state index in [0.29, 0.717) is 12.3 Å². The van der Waals surface area contributed by atoms with E-state index in [2.05, 4.69) is 12.1 Å². The molecule has 3 fully saturated rings. The molecule has 2 bridgehead atoms. The van der Waals surface area contributed by atoms with Gasteiger partial charge in [-0.25, -0.2) is 0 Å². The van der Waals surface area contributed by atoms with E-state index < -0.39 is 5.97 Å². The van der Waals surface area contributed by atoms with Crippen LogP contribution in [0.4, 0.5) is 0 Å². The lowest BCUT2D eigenvalue weighted by molar-refractivity contribution is -0.143. The molecule has 2 aliphatic heterocycles. The van der Waals surface area contributed by atoms with Crippen LogP contribution in [0.15, 0.2) is 30.3 Å². The van der Waals surface area contributed by atoms with Crippen molar-refractivity contribution >= 4 is 11.9 Å². The average Bonchev–Trinajstić information content (AvgIpc) is 3.10. The number of rotatable bonds is 3. The SMILES string of the molecule is O=C(O)C1CC2CCC1N2C(=O)C1CC1c1ccccc1. The predicted molar refractivity (Wildman–Crippen MR) is 76.7 cm³/mol. The molecular weight excluding hydrogens is 266 g/mol. The zero-order valence-electron chi connectivity index (χ0n) is 11.8. The molecular formula is C17H19NO3. The topological polar surface area (TPSA) is 57.6 Å². The highest BCUT2D eigenvalue weighted by Gasteiger charge is 2.55. The fraction of sp³-hybridized carbons (Fsp3) is 0.529. The highest BCUT2D eigenvalue weighted by Crippen LogP contribution is 2.52. The lowest BCUT2D eigenvalue weighted by Crippen LogP contribution is -2.39. The molecule has 2 saturated heterocycles. The number of hydrogen-bond acceptors (Lipinski definition) is 2. The van der Waals surface area contributed by atoms with Crippen molar-refractivity contribution in [3.05, 3.63) is 35.9 Å². The number of hydrogen-bond donors (Lipinski definition) is 1. The van der Waals surface area contributed by atoms with Crippen LogP contribution in [0.2, 0.25) is 0 Å². The Kier molecular flexibility index (Phi) is 2.81. The lowest BCUT2D eigenvalue weighted by atomic mass is 9.89. The largest absolute Gasteiger partial charge is 0.481 e. The fourth-order valence-electron chi connectivity index (χ4n) is 4.33. The summed E-state index contributed by atoms with van der Waals surface area (Å²) in [6.07, 6.45) is 3.39. The van der Waals surface area contributed by atoms with Gasteiger partial charge in [-0.1, -0.05) is 30.3 Å². The maximum absolute atomic E-state index is 12.8. The van der Waals surface area contributed by atoms with Gasteiger partial charge in [0.2, 0.25) is 5.91 Å². The summed E-state index contributed by atoms with van der Waals surface area (Å²) >= 11 is 0. The molecule has 1 N–H and O–H groups in total. The zero-order chi connectivity index (χ0) is 14.6. The fourth-order valence-corrected chi connectivity index (χ4v) is 4.33. The lowest BCUT2D eigenvalue weighted by Gasteiger charge is -2.23. The second-order valence-corrected chi connectivity index (χ2v) is 6.58. The Morgan fingerprint density at radius 3 is 2.48 bits per heavy atom. The number of carbonyl (C=O) groups is 2. The van der Waals surface area contributed by atoms with Crippen LogP contribution in [0.3, 0.4) is 0 Å². The van der Waals surface area contributed by atoms with Crippen molar-refractivity contribution < 1.29 is 14.7 Å². The van der Waals surface area contributed by atoms with Crippen LogP contribution >= 0.6 is 0 Å². The van der Waals surface area contributed by atoms with Crippen molar-refractivity contribution in [2.75, 3.05) is 0 Å². The summed E-state index contributed by atoms with van der Waals surface area (Å²) in [6.45, 7) is 0. The first-order chi connectivity index (χ1) is 10.2. The highest BCUT2D eigenvalue weighted by atomic mass is 16.4. The summed E-state index contributed by atoms with van der Waals surface area (Å²) < 4.78 is 0. The first-order valence-corrected chi connectivity index (χ1v) is 7.76. The Bertz CT molecular complexity index is 585. The van der Waals surface area contributed by atoms with E-state index in [1.54, 1.807) is 0 Å². The van der Waals surface area contributed by atoms with Crippen molar-refractivity contribution in [1.82, 2.24) is 4.90 Å². The number of carboxylic acid groups (broad SMARTS) is 1. The number of benzene rings is 1. The second-order valence-electron chi connectivity index (χ2n) is 6.58. The number of aliphatic carboxylic acids is 1. The van der Waals surface area contributed by atoms with Gasteiger partial charge >= 0.3 is 5.97 Å². The molecule has 110 valence electrons. The van der Waals surface area contributed by atoms with Gasteiger partial charge in [0.25, 0.3) is 0 Å². The Hall–Kier alpha value is -1.84. The van der Waals surface area contributed by atoms with E-state index in [9.17, 15) is 14.7 Å².